The van der Waals surface area contributed by atoms with Crippen molar-refractivity contribution < 1.29 is 9.18 Å². The fourth-order valence-corrected chi connectivity index (χ4v) is 2.34. The van der Waals surface area contributed by atoms with Gasteiger partial charge in [-0.1, -0.05) is 6.07 Å². The quantitative estimate of drug-likeness (QED) is 0.772. The highest BCUT2D eigenvalue weighted by Gasteiger charge is 2.21. The van der Waals surface area contributed by atoms with Crippen LogP contribution >= 0.6 is 15.9 Å². The van der Waals surface area contributed by atoms with Crippen molar-refractivity contribution in [1.29, 1.82) is 0 Å². The molecule has 0 bridgehead atoms. The third-order valence-corrected chi connectivity index (χ3v) is 3.54. The Morgan fingerprint density at radius 2 is 1.90 bits per heavy atom. The topological polar surface area (TPSA) is 61.1 Å². The minimum atomic E-state index is -0.772. The van der Waals surface area contributed by atoms with Gasteiger partial charge in [-0.05, 0) is 28.1 Å². The maximum Gasteiger partial charge on any atom is 0.330 e. The van der Waals surface area contributed by atoms with Crippen LogP contribution in [0.1, 0.15) is 15.9 Å². The first-order valence-electron chi connectivity index (χ1n) is 5.60. The fraction of sp³-hybridized carbons (Fsp3) is 0.154. The van der Waals surface area contributed by atoms with Crippen molar-refractivity contribution in [2.45, 2.75) is 0 Å². The Morgan fingerprint density at radius 3 is 2.50 bits per heavy atom. The minimum Gasteiger partial charge on any atom is -0.303 e. The van der Waals surface area contributed by atoms with E-state index in [1.807, 2.05) is 0 Å². The van der Waals surface area contributed by atoms with Gasteiger partial charge in [-0.25, -0.2) is 9.18 Å². The van der Waals surface area contributed by atoms with E-state index < -0.39 is 22.8 Å². The third kappa shape index (κ3) is 2.24. The van der Waals surface area contributed by atoms with Gasteiger partial charge in [-0.3, -0.25) is 14.2 Å². The monoisotopic (exact) mass is 340 g/mol. The molecule has 1 aromatic carbocycles. The van der Waals surface area contributed by atoms with Crippen molar-refractivity contribution in [2.24, 2.45) is 14.1 Å². The lowest BCUT2D eigenvalue weighted by Gasteiger charge is -2.08. The number of rotatable bonds is 2. The highest BCUT2D eigenvalue weighted by atomic mass is 79.9. The summed E-state index contributed by atoms with van der Waals surface area (Å²) in [4.78, 5) is 35.9. The van der Waals surface area contributed by atoms with Crippen LogP contribution in [-0.2, 0) is 14.1 Å². The summed E-state index contributed by atoms with van der Waals surface area (Å²) in [6, 6.07) is 4.07. The number of aromatic nitrogens is 2. The molecule has 0 aliphatic rings. The Hall–Kier alpha value is -2.02. The Kier molecular flexibility index (Phi) is 3.71. The first-order valence-corrected chi connectivity index (χ1v) is 6.39. The van der Waals surface area contributed by atoms with Crippen molar-refractivity contribution in [3.05, 3.63) is 66.7 Å². The van der Waals surface area contributed by atoms with E-state index in [1.54, 1.807) is 0 Å². The van der Waals surface area contributed by atoms with Gasteiger partial charge in [0.25, 0.3) is 5.56 Å². The molecule has 0 N–H and O–H groups in total. The summed E-state index contributed by atoms with van der Waals surface area (Å²) in [5.41, 5.74) is -1.81. The molecule has 0 saturated heterocycles. The van der Waals surface area contributed by atoms with Gasteiger partial charge >= 0.3 is 5.69 Å². The number of ketones is 1. The number of halogens is 2. The summed E-state index contributed by atoms with van der Waals surface area (Å²) in [6.45, 7) is 0. The molecule has 0 aliphatic carbocycles. The van der Waals surface area contributed by atoms with E-state index in [-0.39, 0.29) is 15.6 Å². The third-order valence-electron chi connectivity index (χ3n) is 2.88. The molecule has 1 heterocycles. The van der Waals surface area contributed by atoms with Gasteiger partial charge in [-0.2, -0.15) is 0 Å². The summed E-state index contributed by atoms with van der Waals surface area (Å²) < 4.78 is 15.9. The predicted octanol–water partition coefficient (Wildman–Crippen LogP) is 1.22. The molecule has 0 atom stereocenters. The Labute approximate surface area is 121 Å². The zero-order chi connectivity index (χ0) is 15.0. The van der Waals surface area contributed by atoms with Gasteiger partial charge in [0, 0.05) is 24.8 Å². The molecular formula is C13H10BrFN2O3. The molecule has 1 aromatic heterocycles. The Bertz CT molecular complexity index is 803. The molecule has 7 heteroatoms. The van der Waals surface area contributed by atoms with Crippen LogP contribution in [-0.4, -0.2) is 14.9 Å². The molecule has 0 amide bonds. The number of hydrogen-bond acceptors (Lipinski definition) is 3. The molecule has 0 aliphatic heterocycles. The van der Waals surface area contributed by atoms with Gasteiger partial charge in [-0.15, -0.1) is 0 Å². The van der Waals surface area contributed by atoms with Gasteiger partial charge in [0.05, 0.1) is 5.56 Å². The second kappa shape index (κ2) is 5.16. The second-order valence-electron chi connectivity index (χ2n) is 4.23. The average molecular weight is 341 g/mol. The smallest absolute Gasteiger partial charge is 0.303 e. The maximum absolute atomic E-state index is 13.8. The standard InChI is InChI=1S/C13H10BrFN2O3/c1-16-6-7(12(19)17(2)13(16)20)11(18)10-8(14)4-3-5-9(10)15/h3-6H,1-2H3. The molecule has 5 nitrogen and oxygen atoms in total. The normalized spacial score (nSPS) is 10.6. The summed E-state index contributed by atoms with van der Waals surface area (Å²) in [5, 5.41) is 0. The van der Waals surface area contributed by atoms with Crippen LogP contribution in [0.3, 0.4) is 0 Å². The Morgan fingerprint density at radius 1 is 1.25 bits per heavy atom. The summed E-state index contributed by atoms with van der Waals surface area (Å²) in [5.74, 6) is -1.51. The lowest BCUT2D eigenvalue weighted by atomic mass is 10.1. The van der Waals surface area contributed by atoms with E-state index in [4.69, 9.17) is 0 Å². The molecule has 2 aromatic rings. The van der Waals surface area contributed by atoms with Gasteiger partial charge in [0.1, 0.15) is 11.4 Å². The van der Waals surface area contributed by atoms with Crippen LogP contribution < -0.4 is 11.2 Å². The van der Waals surface area contributed by atoms with Crippen LogP contribution in [0.15, 0.2) is 38.5 Å². The zero-order valence-electron chi connectivity index (χ0n) is 10.7. The minimum absolute atomic E-state index is 0.233. The number of hydrogen-bond donors (Lipinski definition) is 0. The molecular weight excluding hydrogens is 331 g/mol. The molecule has 2 rings (SSSR count). The molecule has 20 heavy (non-hydrogen) atoms. The highest BCUT2D eigenvalue weighted by molar-refractivity contribution is 9.10. The second-order valence-corrected chi connectivity index (χ2v) is 5.08. The van der Waals surface area contributed by atoms with Crippen LogP contribution in [0.2, 0.25) is 0 Å². The highest BCUT2D eigenvalue weighted by Crippen LogP contribution is 2.21. The van der Waals surface area contributed by atoms with Crippen molar-refractivity contribution >= 4 is 21.7 Å². The van der Waals surface area contributed by atoms with Gasteiger partial charge in [0.2, 0.25) is 5.78 Å². The van der Waals surface area contributed by atoms with E-state index in [0.29, 0.717) is 0 Å². The van der Waals surface area contributed by atoms with E-state index in [1.165, 1.54) is 26.2 Å². The first kappa shape index (κ1) is 14.4. The maximum atomic E-state index is 13.8. The van der Waals surface area contributed by atoms with E-state index >= 15 is 0 Å². The molecule has 0 unspecified atom stereocenters. The average Bonchev–Trinajstić information content (AvgIpc) is 2.40. The lowest BCUT2D eigenvalue weighted by Crippen LogP contribution is -2.39. The van der Waals surface area contributed by atoms with Crippen LogP contribution in [0, 0.1) is 5.82 Å². The van der Waals surface area contributed by atoms with E-state index in [9.17, 15) is 18.8 Å². The van der Waals surface area contributed by atoms with Crippen molar-refractivity contribution in [2.75, 3.05) is 0 Å². The lowest BCUT2D eigenvalue weighted by molar-refractivity contribution is 0.103. The molecule has 0 radical (unpaired) electrons. The fourth-order valence-electron chi connectivity index (χ4n) is 1.81. The first-order chi connectivity index (χ1) is 9.34. The Balaban J connectivity index is 2.73. The number of benzene rings is 1. The number of carbonyl (C=O) groups is 1. The van der Waals surface area contributed by atoms with Crippen molar-refractivity contribution in [3.8, 4) is 0 Å². The largest absolute Gasteiger partial charge is 0.330 e. The summed E-state index contributed by atoms with van der Waals surface area (Å²) in [7, 11) is 2.67. The molecule has 104 valence electrons. The van der Waals surface area contributed by atoms with Gasteiger partial charge in [0.15, 0.2) is 0 Å². The predicted molar refractivity (Wildman–Crippen MR) is 74.5 cm³/mol. The zero-order valence-corrected chi connectivity index (χ0v) is 12.3. The van der Waals surface area contributed by atoms with E-state index in [2.05, 4.69) is 15.9 Å². The number of carbonyl (C=O) groups excluding carboxylic acids is 1. The number of aryl methyl sites for hydroxylation is 1. The molecule has 0 spiro atoms. The molecule has 0 saturated carbocycles. The SMILES string of the molecule is Cn1cc(C(=O)c2c(F)cccc2Br)c(=O)n(C)c1=O. The van der Waals surface area contributed by atoms with Crippen LogP contribution in [0.4, 0.5) is 4.39 Å². The summed E-state index contributed by atoms with van der Waals surface area (Å²) >= 11 is 3.08. The van der Waals surface area contributed by atoms with Crippen molar-refractivity contribution in [1.82, 2.24) is 9.13 Å². The van der Waals surface area contributed by atoms with Crippen LogP contribution in [0.5, 0.6) is 0 Å². The summed E-state index contributed by atoms with van der Waals surface area (Å²) in [6.07, 6.45) is 1.12. The molecule has 0 fully saturated rings. The van der Waals surface area contributed by atoms with Crippen molar-refractivity contribution in [3.63, 3.8) is 0 Å². The van der Waals surface area contributed by atoms with Gasteiger partial charge < -0.3 is 4.57 Å². The number of nitrogens with zero attached hydrogens (tertiary/aromatic N) is 2. The van der Waals surface area contributed by atoms with E-state index in [0.717, 1.165) is 21.4 Å². The van der Waals surface area contributed by atoms with Crippen LogP contribution in [0.25, 0.3) is 0 Å².